The van der Waals surface area contributed by atoms with Crippen molar-refractivity contribution in [3.8, 4) is 0 Å². The van der Waals surface area contributed by atoms with Crippen molar-refractivity contribution in [2.75, 3.05) is 6.54 Å². The molecule has 1 aliphatic heterocycles. The van der Waals surface area contributed by atoms with Crippen LogP contribution in [-0.4, -0.2) is 45.5 Å². The normalized spacial score (nSPS) is 18.7. The van der Waals surface area contributed by atoms with Crippen LogP contribution in [-0.2, 0) is 28.9 Å². The summed E-state index contributed by atoms with van der Waals surface area (Å²) in [7, 11) is -1.26. The summed E-state index contributed by atoms with van der Waals surface area (Å²) >= 11 is 0. The molecule has 134 valence electrons. The molecular formula is C15H17N3O6S. The predicted octanol–water partition coefficient (Wildman–Crippen LogP) is -0.525. The highest BCUT2D eigenvalue weighted by molar-refractivity contribution is 7.89. The third kappa shape index (κ3) is 2.57. The SMILES string of the molecule is Cn1c(=O)c2cc(S(=O)(=O)N3CCC[C@@H]3C(=O)O)ccc2n(C)c1=O. The Morgan fingerprint density at radius 3 is 2.52 bits per heavy atom. The number of aromatic nitrogens is 2. The van der Waals surface area contributed by atoms with Gasteiger partial charge in [-0.2, -0.15) is 4.31 Å². The zero-order valence-electron chi connectivity index (χ0n) is 13.7. The maximum atomic E-state index is 12.8. The molecule has 0 radical (unpaired) electrons. The van der Waals surface area contributed by atoms with Crippen molar-refractivity contribution < 1.29 is 18.3 Å². The molecule has 1 N–H and O–H groups in total. The maximum absolute atomic E-state index is 12.8. The van der Waals surface area contributed by atoms with E-state index in [2.05, 4.69) is 0 Å². The van der Waals surface area contributed by atoms with E-state index in [1.807, 2.05) is 0 Å². The minimum absolute atomic E-state index is 0.0803. The predicted molar refractivity (Wildman–Crippen MR) is 89.0 cm³/mol. The van der Waals surface area contributed by atoms with Crippen LogP contribution in [0.2, 0.25) is 0 Å². The van der Waals surface area contributed by atoms with E-state index < -0.39 is 33.3 Å². The van der Waals surface area contributed by atoms with Crippen LogP contribution in [0.3, 0.4) is 0 Å². The van der Waals surface area contributed by atoms with Crippen LogP contribution in [0.25, 0.3) is 10.9 Å². The monoisotopic (exact) mass is 367 g/mol. The molecule has 10 heteroatoms. The lowest BCUT2D eigenvalue weighted by Gasteiger charge is -2.21. The summed E-state index contributed by atoms with van der Waals surface area (Å²) in [5, 5.41) is 9.30. The van der Waals surface area contributed by atoms with E-state index in [0.29, 0.717) is 11.9 Å². The number of benzene rings is 1. The number of sulfonamides is 1. The van der Waals surface area contributed by atoms with Gasteiger partial charge in [-0.05, 0) is 31.0 Å². The molecule has 1 aromatic carbocycles. The van der Waals surface area contributed by atoms with Gasteiger partial charge in [0, 0.05) is 20.6 Å². The Bertz CT molecular complexity index is 1100. The van der Waals surface area contributed by atoms with Gasteiger partial charge in [-0.15, -0.1) is 0 Å². The second-order valence-corrected chi connectivity index (χ2v) is 7.89. The highest BCUT2D eigenvalue weighted by Gasteiger charge is 2.39. The molecule has 25 heavy (non-hydrogen) atoms. The Morgan fingerprint density at radius 2 is 1.88 bits per heavy atom. The Balaban J connectivity index is 2.21. The third-order valence-electron chi connectivity index (χ3n) is 4.53. The van der Waals surface area contributed by atoms with E-state index in [9.17, 15) is 27.9 Å². The lowest BCUT2D eigenvalue weighted by molar-refractivity contribution is -0.140. The van der Waals surface area contributed by atoms with Crippen LogP contribution in [0.15, 0.2) is 32.7 Å². The molecule has 1 fully saturated rings. The van der Waals surface area contributed by atoms with Crippen molar-refractivity contribution in [2.45, 2.75) is 23.8 Å². The third-order valence-corrected chi connectivity index (χ3v) is 6.44. The van der Waals surface area contributed by atoms with Gasteiger partial charge in [0.15, 0.2) is 0 Å². The molecule has 2 aromatic rings. The van der Waals surface area contributed by atoms with Crippen LogP contribution < -0.4 is 11.2 Å². The van der Waals surface area contributed by atoms with Gasteiger partial charge in [0.05, 0.1) is 15.8 Å². The first-order chi connectivity index (χ1) is 11.7. The van der Waals surface area contributed by atoms with Crippen molar-refractivity contribution in [3.05, 3.63) is 39.0 Å². The largest absolute Gasteiger partial charge is 0.480 e. The fraction of sp³-hybridized carbons (Fsp3) is 0.400. The van der Waals surface area contributed by atoms with Gasteiger partial charge >= 0.3 is 11.7 Å². The van der Waals surface area contributed by atoms with E-state index >= 15 is 0 Å². The standard InChI is InChI=1S/C15H17N3O6S/c1-16-11-6-5-9(8-10(11)13(19)17(2)15(16)22)25(23,24)18-7-3-4-12(18)14(20)21/h5-6,8,12H,3-4,7H2,1-2H3,(H,20,21)/t12-/m1/s1. The van der Waals surface area contributed by atoms with E-state index in [4.69, 9.17) is 0 Å². The maximum Gasteiger partial charge on any atom is 0.330 e. The molecule has 1 atom stereocenters. The molecule has 2 heterocycles. The zero-order chi connectivity index (χ0) is 18.5. The highest BCUT2D eigenvalue weighted by atomic mass is 32.2. The lowest BCUT2D eigenvalue weighted by Crippen LogP contribution is -2.40. The minimum atomic E-state index is -4.06. The summed E-state index contributed by atoms with van der Waals surface area (Å²) in [6.07, 6.45) is 0.707. The van der Waals surface area contributed by atoms with Crippen molar-refractivity contribution in [2.24, 2.45) is 14.1 Å². The Labute approximate surface area is 142 Å². The molecule has 0 unspecified atom stereocenters. The summed E-state index contributed by atoms with van der Waals surface area (Å²) in [5.41, 5.74) is -0.812. The number of fused-ring (bicyclic) bond motifs is 1. The molecule has 0 amide bonds. The Kier molecular flexibility index (Phi) is 4.04. The number of carboxylic acid groups (broad SMARTS) is 1. The topological polar surface area (TPSA) is 119 Å². The number of carbonyl (C=O) groups is 1. The van der Waals surface area contributed by atoms with Crippen LogP contribution in [0, 0.1) is 0 Å². The molecule has 1 aliphatic rings. The fourth-order valence-electron chi connectivity index (χ4n) is 3.15. The second kappa shape index (κ2) is 5.81. The molecule has 0 aliphatic carbocycles. The Morgan fingerprint density at radius 1 is 1.20 bits per heavy atom. The van der Waals surface area contributed by atoms with Crippen molar-refractivity contribution >= 4 is 26.9 Å². The first-order valence-electron chi connectivity index (χ1n) is 7.60. The van der Waals surface area contributed by atoms with Crippen LogP contribution >= 0.6 is 0 Å². The first kappa shape index (κ1) is 17.4. The smallest absolute Gasteiger partial charge is 0.330 e. The molecular weight excluding hydrogens is 350 g/mol. The van der Waals surface area contributed by atoms with Crippen LogP contribution in [0.5, 0.6) is 0 Å². The van der Waals surface area contributed by atoms with Gasteiger partial charge in [-0.3, -0.25) is 18.7 Å². The number of carboxylic acids is 1. The van der Waals surface area contributed by atoms with Crippen molar-refractivity contribution in [1.29, 1.82) is 0 Å². The summed E-state index contributed by atoms with van der Waals surface area (Å²) in [6.45, 7) is 0.114. The summed E-state index contributed by atoms with van der Waals surface area (Å²) < 4.78 is 28.8. The van der Waals surface area contributed by atoms with E-state index in [1.165, 1.54) is 36.9 Å². The number of aliphatic carboxylic acids is 1. The summed E-state index contributed by atoms with van der Waals surface area (Å²) in [6, 6.07) is 2.76. The fourth-order valence-corrected chi connectivity index (χ4v) is 4.82. The number of nitrogens with zero attached hydrogens (tertiary/aromatic N) is 3. The molecule has 1 aromatic heterocycles. The van der Waals surface area contributed by atoms with E-state index in [1.54, 1.807) is 0 Å². The first-order valence-corrected chi connectivity index (χ1v) is 9.04. The van der Waals surface area contributed by atoms with Crippen LogP contribution in [0.1, 0.15) is 12.8 Å². The summed E-state index contributed by atoms with van der Waals surface area (Å²) in [4.78, 5) is 35.4. The van der Waals surface area contributed by atoms with Gasteiger partial charge in [0.2, 0.25) is 10.0 Å². The minimum Gasteiger partial charge on any atom is -0.480 e. The Hall–Kier alpha value is -2.46. The molecule has 0 saturated carbocycles. The van der Waals surface area contributed by atoms with Gasteiger partial charge in [0.1, 0.15) is 6.04 Å². The number of rotatable bonds is 3. The van der Waals surface area contributed by atoms with Crippen molar-refractivity contribution in [3.63, 3.8) is 0 Å². The van der Waals surface area contributed by atoms with Gasteiger partial charge in [0.25, 0.3) is 5.56 Å². The van der Waals surface area contributed by atoms with E-state index in [-0.39, 0.29) is 23.2 Å². The van der Waals surface area contributed by atoms with E-state index in [0.717, 1.165) is 8.87 Å². The summed E-state index contributed by atoms with van der Waals surface area (Å²) in [5.74, 6) is -1.19. The quantitative estimate of drug-likeness (QED) is 0.779. The van der Waals surface area contributed by atoms with Gasteiger partial charge in [-0.25, -0.2) is 13.2 Å². The molecule has 3 rings (SSSR count). The van der Waals surface area contributed by atoms with Crippen molar-refractivity contribution in [1.82, 2.24) is 13.4 Å². The number of hydrogen-bond donors (Lipinski definition) is 1. The lowest BCUT2D eigenvalue weighted by atomic mass is 10.2. The average Bonchev–Trinajstić information content (AvgIpc) is 3.08. The number of aryl methyl sites for hydroxylation is 1. The molecule has 9 nitrogen and oxygen atoms in total. The highest BCUT2D eigenvalue weighted by Crippen LogP contribution is 2.27. The zero-order valence-corrected chi connectivity index (χ0v) is 14.5. The molecule has 0 spiro atoms. The van der Waals surface area contributed by atoms with Gasteiger partial charge in [-0.1, -0.05) is 0 Å². The number of hydrogen-bond acceptors (Lipinski definition) is 5. The average molecular weight is 367 g/mol. The molecule has 0 bridgehead atoms. The second-order valence-electron chi connectivity index (χ2n) is 6.00. The molecule has 1 saturated heterocycles. The van der Waals surface area contributed by atoms with Crippen LogP contribution in [0.4, 0.5) is 0 Å². The van der Waals surface area contributed by atoms with Gasteiger partial charge < -0.3 is 5.11 Å².